The molecule has 280 valence electrons. The van der Waals surface area contributed by atoms with Crippen molar-refractivity contribution in [3.05, 3.63) is 161 Å². The lowest BCUT2D eigenvalue weighted by molar-refractivity contribution is 0.504. The Kier molecular flexibility index (Phi) is 8.54. The van der Waals surface area contributed by atoms with Crippen molar-refractivity contribution in [2.24, 2.45) is 5.41 Å². The van der Waals surface area contributed by atoms with E-state index in [9.17, 15) is 10.5 Å². The van der Waals surface area contributed by atoms with E-state index in [2.05, 4.69) is 183 Å². The summed E-state index contributed by atoms with van der Waals surface area (Å²) in [6, 6.07) is 48.6. The Bertz CT molecular complexity index is 3180. The number of nitriles is 2. The van der Waals surface area contributed by atoms with Crippen LogP contribution in [0.15, 0.2) is 139 Å². The van der Waals surface area contributed by atoms with E-state index in [-0.39, 0.29) is 10.8 Å². The van der Waals surface area contributed by atoms with Crippen molar-refractivity contribution in [2.75, 3.05) is 0 Å². The summed E-state index contributed by atoms with van der Waals surface area (Å²) in [6.45, 7) is 18.0. The third-order valence-corrected chi connectivity index (χ3v) is 12.5. The highest BCUT2D eigenvalue weighted by molar-refractivity contribution is 6.26. The van der Waals surface area contributed by atoms with E-state index in [1.807, 2.05) is 18.2 Å². The van der Waals surface area contributed by atoms with Gasteiger partial charge in [-0.05, 0) is 178 Å². The molecule has 0 atom stereocenters. The van der Waals surface area contributed by atoms with E-state index in [4.69, 9.17) is 0 Å². The molecule has 0 amide bonds. The van der Waals surface area contributed by atoms with Crippen LogP contribution in [-0.4, -0.2) is 0 Å². The maximum atomic E-state index is 10.1. The van der Waals surface area contributed by atoms with Gasteiger partial charge >= 0.3 is 0 Å². The summed E-state index contributed by atoms with van der Waals surface area (Å²) in [5, 5.41) is 29.0. The molecule has 0 unspecified atom stereocenters. The minimum Gasteiger partial charge on any atom is -0.192 e. The maximum Gasteiger partial charge on any atom is 0.0991 e. The predicted molar refractivity (Wildman–Crippen MR) is 247 cm³/mol. The monoisotopic (exact) mass is 746 g/mol. The summed E-state index contributed by atoms with van der Waals surface area (Å²) < 4.78 is 0. The highest BCUT2D eigenvalue weighted by Crippen LogP contribution is 2.52. The summed E-state index contributed by atoms with van der Waals surface area (Å²) in [5.74, 6) is 0. The molecule has 8 aromatic rings. The lowest BCUT2D eigenvalue weighted by atomic mass is 9.84. The molecular weight excluding hydrogens is 701 g/mol. The van der Waals surface area contributed by atoms with Crippen LogP contribution in [-0.2, 0) is 5.41 Å². The van der Waals surface area contributed by atoms with E-state index < -0.39 is 0 Å². The fourth-order valence-electron chi connectivity index (χ4n) is 8.74. The van der Waals surface area contributed by atoms with E-state index in [1.54, 1.807) is 0 Å². The Morgan fingerprint density at radius 3 is 1.71 bits per heavy atom. The summed E-state index contributed by atoms with van der Waals surface area (Å²) in [4.78, 5) is 0. The molecule has 0 radical (unpaired) electrons. The second-order valence-corrected chi connectivity index (χ2v) is 18.1. The Hall–Kier alpha value is -6.74. The van der Waals surface area contributed by atoms with Crippen molar-refractivity contribution < 1.29 is 0 Å². The zero-order chi connectivity index (χ0) is 40.7. The number of allylic oxidation sites excluding steroid dienone is 4. The second-order valence-electron chi connectivity index (χ2n) is 18.1. The molecule has 8 aromatic carbocycles. The number of hydrogen-bond acceptors (Lipinski definition) is 2. The van der Waals surface area contributed by atoms with Gasteiger partial charge in [-0.25, -0.2) is 0 Å². The molecule has 0 saturated heterocycles. The fraction of sp³-hybridized carbons (Fsp3) is 0.179. The predicted octanol–water partition coefficient (Wildman–Crippen LogP) is 15.7. The zero-order valence-electron chi connectivity index (χ0n) is 34.6. The van der Waals surface area contributed by atoms with Crippen molar-refractivity contribution in [3.8, 4) is 56.6 Å². The van der Waals surface area contributed by atoms with Gasteiger partial charge < -0.3 is 0 Å². The number of benzene rings is 8. The third kappa shape index (κ3) is 6.00. The van der Waals surface area contributed by atoms with Crippen LogP contribution in [0, 0.1) is 28.1 Å². The van der Waals surface area contributed by atoms with Gasteiger partial charge in [0.05, 0.1) is 23.3 Å². The molecule has 0 aliphatic heterocycles. The Labute approximate surface area is 342 Å². The van der Waals surface area contributed by atoms with E-state index in [0.717, 1.165) is 27.5 Å². The summed E-state index contributed by atoms with van der Waals surface area (Å²) in [7, 11) is 0. The average Bonchev–Trinajstić information content (AvgIpc) is 3.54. The Morgan fingerprint density at radius 1 is 0.466 bits per heavy atom. The first kappa shape index (κ1) is 36.9. The normalized spacial score (nSPS) is 13.0. The van der Waals surface area contributed by atoms with Crippen molar-refractivity contribution >= 4 is 48.7 Å². The molecule has 0 fully saturated rings. The standard InChI is InChI=1S/C56H46N2/c1-33(12-13-34(2)55(3,4)5)45-27-48-41-23-16-36(32-58)26-47(41)46(38-19-21-39(22-20-38)56(6,7)8)28-52(48)53-30-49-43-11-9-10-42-40(37-17-14-35(31-57)15-18-37)24-25-44(54(42)43)50(49)29-51(45)53/h9-30H,1-8H3. The number of rotatable bonds is 4. The van der Waals surface area contributed by atoms with Crippen LogP contribution in [0.3, 0.4) is 0 Å². The lowest BCUT2D eigenvalue weighted by Gasteiger charge is -2.20. The van der Waals surface area contributed by atoms with Gasteiger partial charge in [-0.2, -0.15) is 10.5 Å². The molecule has 0 heterocycles. The summed E-state index contributed by atoms with van der Waals surface area (Å²) in [6.07, 6.45) is 4.57. The zero-order valence-corrected chi connectivity index (χ0v) is 34.6. The first-order chi connectivity index (χ1) is 27.7. The molecular formula is C56H46N2. The van der Waals surface area contributed by atoms with Gasteiger partial charge in [0.1, 0.15) is 0 Å². The van der Waals surface area contributed by atoms with Crippen molar-refractivity contribution in [1.82, 2.24) is 0 Å². The van der Waals surface area contributed by atoms with Gasteiger partial charge in [0.15, 0.2) is 0 Å². The molecule has 2 heteroatoms. The molecule has 0 N–H and O–H groups in total. The van der Waals surface area contributed by atoms with Gasteiger partial charge in [0, 0.05) is 0 Å². The Morgan fingerprint density at radius 2 is 1.03 bits per heavy atom. The lowest BCUT2D eigenvalue weighted by Crippen LogP contribution is -2.10. The van der Waals surface area contributed by atoms with Crippen LogP contribution in [0.5, 0.6) is 0 Å². The summed E-state index contributed by atoms with van der Waals surface area (Å²) >= 11 is 0. The largest absolute Gasteiger partial charge is 0.192 e. The van der Waals surface area contributed by atoms with Crippen LogP contribution in [0.4, 0.5) is 0 Å². The SMILES string of the molecule is CC(=CC=C(C)C(C)(C)C)c1cc2c3ccc(C#N)cc3c(-c3ccc(C(C)(C)C)cc3)cc2c2cc3c(cc12)-c1ccc(-c2ccc(C#N)cc2)c2cccc-3c12. The first-order valence-electron chi connectivity index (χ1n) is 20.2. The van der Waals surface area contributed by atoms with E-state index in [1.165, 1.54) is 82.4 Å². The third-order valence-electron chi connectivity index (χ3n) is 12.5. The molecule has 0 bridgehead atoms. The minimum absolute atomic E-state index is 0.0418. The van der Waals surface area contributed by atoms with Crippen LogP contribution in [0.25, 0.3) is 93.2 Å². The van der Waals surface area contributed by atoms with Crippen LogP contribution in [0.2, 0.25) is 0 Å². The van der Waals surface area contributed by atoms with Crippen LogP contribution < -0.4 is 0 Å². The van der Waals surface area contributed by atoms with Gasteiger partial charge in [-0.15, -0.1) is 0 Å². The van der Waals surface area contributed by atoms with Crippen LogP contribution in [0.1, 0.15) is 77.6 Å². The average molecular weight is 747 g/mol. The molecule has 0 saturated carbocycles. The molecule has 0 aromatic heterocycles. The van der Waals surface area contributed by atoms with Gasteiger partial charge in [-0.3, -0.25) is 0 Å². The second kappa shape index (κ2) is 13.4. The van der Waals surface area contributed by atoms with Crippen molar-refractivity contribution in [2.45, 2.75) is 60.8 Å². The molecule has 0 spiro atoms. The number of hydrogen-bond donors (Lipinski definition) is 0. The highest BCUT2D eigenvalue weighted by atomic mass is 14.3. The molecule has 58 heavy (non-hydrogen) atoms. The van der Waals surface area contributed by atoms with Gasteiger partial charge in [-0.1, -0.05) is 132 Å². The van der Waals surface area contributed by atoms with Gasteiger partial charge in [0.2, 0.25) is 0 Å². The van der Waals surface area contributed by atoms with Crippen molar-refractivity contribution in [3.63, 3.8) is 0 Å². The highest BCUT2D eigenvalue weighted by Gasteiger charge is 2.26. The minimum atomic E-state index is 0.0418. The fourth-order valence-corrected chi connectivity index (χ4v) is 8.74. The number of nitrogens with zero attached hydrogens (tertiary/aromatic N) is 2. The van der Waals surface area contributed by atoms with Gasteiger partial charge in [0.25, 0.3) is 0 Å². The van der Waals surface area contributed by atoms with Crippen molar-refractivity contribution in [1.29, 1.82) is 10.5 Å². The maximum absolute atomic E-state index is 10.1. The Balaban J connectivity index is 1.37. The quantitative estimate of drug-likeness (QED) is 0.133. The van der Waals surface area contributed by atoms with E-state index >= 15 is 0 Å². The topological polar surface area (TPSA) is 47.6 Å². The van der Waals surface area contributed by atoms with Crippen LogP contribution >= 0.6 is 0 Å². The molecule has 1 aliphatic rings. The number of fused-ring (bicyclic) bond motifs is 8. The summed E-state index contributed by atoms with van der Waals surface area (Å²) in [5.41, 5.74) is 16.0. The first-order valence-corrected chi connectivity index (χ1v) is 20.2. The molecule has 2 nitrogen and oxygen atoms in total. The van der Waals surface area contributed by atoms with E-state index in [0.29, 0.717) is 11.1 Å². The smallest absolute Gasteiger partial charge is 0.0991 e. The molecule has 9 rings (SSSR count). The molecule has 1 aliphatic carbocycles.